The Balaban J connectivity index is 0.00000405. The maximum Gasteiger partial charge on any atom is 0.321 e. The van der Waals surface area contributed by atoms with Crippen LogP contribution in [0.5, 0.6) is 0 Å². The third-order valence-corrected chi connectivity index (χ3v) is 10.3. The Bertz CT molecular complexity index is 1500. The van der Waals surface area contributed by atoms with Crippen LogP contribution in [-0.2, 0) is 38.1 Å². The largest absolute Gasteiger partial charge is 0.375 e. The quantitative estimate of drug-likeness (QED) is 0.274. The van der Waals surface area contributed by atoms with Gasteiger partial charge in [0.1, 0.15) is 12.6 Å². The summed E-state index contributed by atoms with van der Waals surface area (Å²) in [6.07, 6.45) is 2.77. The van der Waals surface area contributed by atoms with Gasteiger partial charge in [-0.25, -0.2) is 0 Å². The van der Waals surface area contributed by atoms with E-state index in [-0.39, 0.29) is 37.6 Å². The van der Waals surface area contributed by atoms with Gasteiger partial charge in [-0.05, 0) is 49.2 Å². The molecule has 2 heterocycles. The van der Waals surface area contributed by atoms with E-state index in [0.717, 1.165) is 42.6 Å². The number of carbonyl (C=O) groups excluding carboxylic acids is 1. The molecular weight excluding hydrogens is 619 g/mol. The first kappa shape index (κ1) is 32.7. The number of fused-ring (bicyclic) bond motifs is 2. The normalized spacial score (nSPS) is 20.0. The van der Waals surface area contributed by atoms with Crippen molar-refractivity contribution in [1.29, 1.82) is 0 Å². The molecule has 0 radical (unpaired) electrons. The molecule has 8 nitrogen and oxygen atoms in total. The molecule has 12 heteroatoms. The second-order valence-corrected chi connectivity index (χ2v) is 13.7. The summed E-state index contributed by atoms with van der Waals surface area (Å²) in [4.78, 5) is 14.0. The molecule has 0 aliphatic carbocycles. The summed E-state index contributed by atoms with van der Waals surface area (Å²) in [6, 6.07) is 21.7. The third-order valence-electron chi connectivity index (χ3n) is 8.06. The fourth-order valence-corrected chi connectivity index (χ4v) is 7.46. The lowest BCUT2D eigenvalue weighted by Gasteiger charge is -2.36. The Kier molecular flexibility index (Phi) is 10.6. The minimum atomic E-state index is -3.83. The lowest BCUT2D eigenvalue weighted by molar-refractivity contribution is -0.127. The zero-order valence-electron chi connectivity index (χ0n) is 23.3. The molecule has 0 aromatic heterocycles. The Morgan fingerprint density at radius 3 is 2.38 bits per heavy atom. The van der Waals surface area contributed by atoms with Crippen LogP contribution in [0.4, 0.5) is 5.69 Å². The molecule has 1 fully saturated rings. The summed E-state index contributed by atoms with van der Waals surface area (Å²) in [5.41, 5.74) is 6.00. The van der Waals surface area contributed by atoms with Crippen molar-refractivity contribution in [2.24, 2.45) is 0 Å². The van der Waals surface area contributed by atoms with Crippen LogP contribution in [0.2, 0.25) is 10.0 Å². The lowest BCUT2D eigenvalue weighted by atomic mass is 9.75. The van der Waals surface area contributed by atoms with Gasteiger partial charge >= 0.3 is 10.0 Å². The number of hydrogen-bond donors (Lipinski definition) is 3. The molecule has 3 N–H and O–H groups in total. The number of nitrogens with zero attached hydrogens (tertiary/aromatic N) is 1. The van der Waals surface area contributed by atoms with E-state index in [1.54, 1.807) is 12.1 Å². The molecule has 3 aromatic carbocycles. The average molecular weight is 655 g/mol. The molecule has 1 amide bonds. The van der Waals surface area contributed by atoms with Crippen LogP contribution in [0, 0.1) is 0 Å². The SMILES string of the molecule is CS(=O)(=O)[N+]1(NC(=O)C(COCc2ccc(Cl)c(Cl)c2)NCc2ccccc2)CC2(CCNCC2)c2ccccc21.Cl. The molecule has 1 spiro atoms. The van der Waals surface area contributed by atoms with Crippen LogP contribution in [0.25, 0.3) is 0 Å². The van der Waals surface area contributed by atoms with Gasteiger partial charge in [-0.15, -0.1) is 12.4 Å². The number of para-hydroxylation sites is 1. The van der Waals surface area contributed by atoms with Crippen molar-refractivity contribution in [1.82, 2.24) is 20.1 Å². The highest BCUT2D eigenvalue weighted by atomic mass is 35.5. The predicted molar refractivity (Wildman–Crippen MR) is 170 cm³/mol. The zero-order valence-corrected chi connectivity index (χ0v) is 26.5. The molecule has 1 saturated heterocycles. The molecule has 3 aromatic rings. The second kappa shape index (κ2) is 13.6. The molecule has 0 bridgehead atoms. The van der Waals surface area contributed by atoms with E-state index < -0.39 is 26.0 Å². The number of rotatable bonds is 10. The average Bonchev–Trinajstić information content (AvgIpc) is 3.23. The molecule has 42 heavy (non-hydrogen) atoms. The minimum absolute atomic E-state index is 0. The van der Waals surface area contributed by atoms with Crippen molar-refractivity contribution in [3.63, 3.8) is 0 Å². The van der Waals surface area contributed by atoms with Gasteiger partial charge in [-0.1, -0.05) is 81.8 Å². The van der Waals surface area contributed by atoms with Gasteiger partial charge in [0.2, 0.25) is 0 Å². The topological polar surface area (TPSA) is 96.5 Å². The van der Waals surface area contributed by atoms with Crippen molar-refractivity contribution in [3.8, 4) is 0 Å². The van der Waals surface area contributed by atoms with Crippen molar-refractivity contribution in [3.05, 3.63) is 99.5 Å². The molecule has 0 saturated carbocycles. The van der Waals surface area contributed by atoms with E-state index in [0.29, 0.717) is 22.3 Å². The number of ether oxygens (including phenoxy) is 1. The first-order valence-electron chi connectivity index (χ1n) is 13.6. The summed E-state index contributed by atoms with van der Waals surface area (Å²) in [7, 11) is -3.83. The van der Waals surface area contributed by atoms with Gasteiger partial charge in [0, 0.05) is 18.2 Å². The first-order valence-corrected chi connectivity index (χ1v) is 16.2. The number of nitrogens with one attached hydrogen (secondary N) is 3. The fourth-order valence-electron chi connectivity index (χ4n) is 5.89. The van der Waals surface area contributed by atoms with E-state index in [9.17, 15) is 13.2 Å². The predicted octanol–water partition coefficient (Wildman–Crippen LogP) is 4.72. The Hall–Kier alpha value is -2.21. The molecule has 2 unspecified atom stereocenters. The zero-order chi connectivity index (χ0) is 29.1. The van der Waals surface area contributed by atoms with E-state index in [4.69, 9.17) is 27.9 Å². The van der Waals surface area contributed by atoms with E-state index >= 15 is 0 Å². The molecule has 2 atom stereocenters. The van der Waals surface area contributed by atoms with Crippen molar-refractivity contribution < 1.29 is 17.9 Å². The smallest absolute Gasteiger partial charge is 0.321 e. The van der Waals surface area contributed by atoms with Gasteiger partial charge in [-0.3, -0.25) is 10.1 Å². The Labute approximate surface area is 263 Å². The Morgan fingerprint density at radius 1 is 1.00 bits per heavy atom. The number of sulfonamides is 1. The van der Waals surface area contributed by atoms with Crippen LogP contribution in [0.3, 0.4) is 0 Å². The number of quaternary nitrogens is 1. The summed E-state index contributed by atoms with van der Waals surface area (Å²) in [5, 5.41) is 7.53. The number of halogens is 3. The van der Waals surface area contributed by atoms with Crippen LogP contribution >= 0.6 is 35.6 Å². The summed E-state index contributed by atoms with van der Waals surface area (Å²) in [6.45, 7) is 2.44. The number of hydrogen-bond acceptors (Lipinski definition) is 6. The van der Waals surface area contributed by atoms with Gasteiger partial charge in [0.25, 0.3) is 5.91 Å². The number of benzene rings is 3. The van der Waals surface area contributed by atoms with Crippen LogP contribution in [0.1, 0.15) is 29.5 Å². The number of amides is 1. The number of carbonyl (C=O) groups is 1. The molecule has 5 rings (SSSR count). The van der Waals surface area contributed by atoms with Crippen molar-refractivity contribution in [2.45, 2.75) is 37.5 Å². The molecule has 2 aliphatic heterocycles. The van der Waals surface area contributed by atoms with E-state index in [1.807, 2.05) is 60.7 Å². The van der Waals surface area contributed by atoms with Gasteiger partial charge in [0.15, 0.2) is 5.69 Å². The molecular formula is C30H36Cl3N4O4S+. The van der Waals surface area contributed by atoms with E-state index in [1.165, 1.54) is 6.26 Å². The molecule has 226 valence electrons. The first-order chi connectivity index (χ1) is 19.6. The van der Waals surface area contributed by atoms with Crippen LogP contribution < -0.4 is 20.1 Å². The second-order valence-electron chi connectivity index (χ2n) is 10.8. The van der Waals surface area contributed by atoms with Crippen LogP contribution in [0.15, 0.2) is 72.8 Å². The summed E-state index contributed by atoms with van der Waals surface area (Å²) in [5.74, 6) is -0.457. The van der Waals surface area contributed by atoms with Crippen molar-refractivity contribution >= 4 is 57.2 Å². The maximum absolute atomic E-state index is 14.0. The van der Waals surface area contributed by atoms with Gasteiger partial charge < -0.3 is 10.1 Å². The number of piperidine rings is 1. The Morgan fingerprint density at radius 2 is 1.69 bits per heavy atom. The standard InChI is InChI=1S/C30H34Cl2N4O4S.ClH/c1-41(38,39)36(21-30(13-15-33-16-14-30)24-9-5-6-10-28(24)36)35-29(37)27(34-18-22-7-3-2-4-8-22)20-40-19-23-11-12-25(31)26(32)17-23;/h2-12,17,27,33-34H,13-16,18-21H2,1H3;1H/p+1. The molecule has 2 aliphatic rings. The lowest BCUT2D eigenvalue weighted by Crippen LogP contribution is -2.68. The highest BCUT2D eigenvalue weighted by molar-refractivity contribution is 7.90. The summed E-state index contributed by atoms with van der Waals surface area (Å²) < 4.78 is 32.5. The minimum Gasteiger partial charge on any atom is -0.375 e. The van der Waals surface area contributed by atoms with Gasteiger partial charge in [0.05, 0.1) is 34.9 Å². The third kappa shape index (κ3) is 6.79. The van der Waals surface area contributed by atoms with Crippen molar-refractivity contribution in [2.75, 3.05) is 32.5 Å². The fraction of sp³-hybridized carbons (Fsp3) is 0.367. The van der Waals surface area contributed by atoms with E-state index in [2.05, 4.69) is 16.1 Å². The summed E-state index contributed by atoms with van der Waals surface area (Å²) >= 11 is 12.2. The monoisotopic (exact) mass is 653 g/mol. The highest BCUT2D eigenvalue weighted by Crippen LogP contribution is 2.50. The van der Waals surface area contributed by atoms with Gasteiger partial charge in [-0.2, -0.15) is 13.8 Å². The maximum atomic E-state index is 14.0. The van der Waals surface area contributed by atoms with Crippen LogP contribution in [-0.4, -0.2) is 52.9 Å². The highest BCUT2D eigenvalue weighted by Gasteiger charge is 2.60.